The predicted octanol–water partition coefficient (Wildman–Crippen LogP) is 1.38. The molecule has 0 aliphatic carbocycles. The normalized spacial score (nSPS) is 10.1. The van der Waals surface area contributed by atoms with Crippen molar-refractivity contribution in [1.29, 1.82) is 0 Å². The van der Waals surface area contributed by atoms with E-state index in [0.29, 0.717) is 19.6 Å². The van der Waals surface area contributed by atoms with Crippen molar-refractivity contribution in [3.05, 3.63) is 29.8 Å². The highest BCUT2D eigenvalue weighted by atomic mass is 16.5. The molecule has 4 nitrogen and oxygen atoms in total. The van der Waals surface area contributed by atoms with Gasteiger partial charge in [0.25, 0.3) is 0 Å². The molecule has 0 bridgehead atoms. The van der Waals surface area contributed by atoms with Crippen molar-refractivity contribution in [3.63, 3.8) is 0 Å². The average molecular weight is 222 g/mol. The van der Waals surface area contributed by atoms with Crippen LogP contribution in [0.15, 0.2) is 24.3 Å². The van der Waals surface area contributed by atoms with Crippen LogP contribution in [0.25, 0.3) is 0 Å². The molecule has 4 heteroatoms. The Morgan fingerprint density at radius 2 is 2.12 bits per heavy atom. The minimum absolute atomic E-state index is 0.0119. The Morgan fingerprint density at radius 3 is 2.81 bits per heavy atom. The Hall–Kier alpha value is -1.39. The van der Waals surface area contributed by atoms with E-state index in [0.717, 1.165) is 11.3 Å². The fraction of sp³-hybridized carbons (Fsp3) is 0.417. The van der Waals surface area contributed by atoms with Crippen molar-refractivity contribution in [2.75, 3.05) is 26.0 Å². The van der Waals surface area contributed by atoms with Gasteiger partial charge in [0.05, 0.1) is 6.61 Å². The highest BCUT2D eigenvalue weighted by Gasteiger charge is 2.05. The third-order valence-electron chi connectivity index (χ3n) is 2.19. The van der Waals surface area contributed by atoms with E-state index >= 15 is 0 Å². The van der Waals surface area contributed by atoms with Crippen molar-refractivity contribution in [2.45, 2.75) is 13.0 Å². The maximum Gasteiger partial charge on any atom is 0.225 e. The number of rotatable bonds is 6. The molecule has 0 saturated heterocycles. The molecule has 0 fully saturated rings. The first-order valence-electron chi connectivity index (χ1n) is 5.29. The van der Waals surface area contributed by atoms with Gasteiger partial charge in [-0.25, -0.2) is 0 Å². The van der Waals surface area contributed by atoms with Gasteiger partial charge in [0.2, 0.25) is 5.91 Å². The first kappa shape index (κ1) is 12.7. The first-order valence-corrected chi connectivity index (χ1v) is 5.29. The fourth-order valence-electron chi connectivity index (χ4n) is 1.37. The maximum atomic E-state index is 11.5. The summed E-state index contributed by atoms with van der Waals surface area (Å²) in [5.74, 6) is 0.0119. The molecule has 0 heterocycles. The lowest BCUT2D eigenvalue weighted by atomic mass is 10.2. The number of methoxy groups -OCH3 is 1. The summed E-state index contributed by atoms with van der Waals surface area (Å²) in [7, 11) is 3.46. The largest absolute Gasteiger partial charge is 0.380 e. The second-order valence-corrected chi connectivity index (χ2v) is 3.49. The molecule has 1 aromatic carbocycles. The summed E-state index contributed by atoms with van der Waals surface area (Å²) in [6, 6.07) is 7.65. The molecule has 1 aromatic rings. The first-order chi connectivity index (χ1) is 7.77. The van der Waals surface area contributed by atoms with Crippen LogP contribution in [-0.2, 0) is 16.1 Å². The minimum atomic E-state index is 0.0119. The smallest absolute Gasteiger partial charge is 0.225 e. The van der Waals surface area contributed by atoms with Crippen LogP contribution in [0.3, 0.4) is 0 Å². The van der Waals surface area contributed by atoms with Gasteiger partial charge in [-0.3, -0.25) is 4.79 Å². The molecule has 2 N–H and O–H groups in total. The summed E-state index contributed by atoms with van der Waals surface area (Å²) in [4.78, 5) is 11.5. The topological polar surface area (TPSA) is 50.4 Å². The van der Waals surface area contributed by atoms with Crippen LogP contribution in [0.1, 0.15) is 12.0 Å². The summed E-state index contributed by atoms with van der Waals surface area (Å²) in [6.07, 6.45) is 0.470. The Labute approximate surface area is 96.0 Å². The van der Waals surface area contributed by atoms with Crippen molar-refractivity contribution in [1.82, 2.24) is 5.32 Å². The molecule has 0 unspecified atom stereocenters. The summed E-state index contributed by atoms with van der Waals surface area (Å²) < 4.78 is 5.07. The predicted molar refractivity (Wildman–Crippen MR) is 64.3 cm³/mol. The third-order valence-corrected chi connectivity index (χ3v) is 2.19. The van der Waals surface area contributed by atoms with Crippen LogP contribution >= 0.6 is 0 Å². The molecule has 1 rings (SSSR count). The van der Waals surface area contributed by atoms with Crippen molar-refractivity contribution >= 4 is 11.6 Å². The van der Waals surface area contributed by atoms with E-state index in [1.165, 1.54) is 0 Å². The van der Waals surface area contributed by atoms with Gasteiger partial charge in [0.15, 0.2) is 0 Å². The molecule has 1 amide bonds. The quantitative estimate of drug-likeness (QED) is 0.764. The summed E-state index contributed by atoms with van der Waals surface area (Å²) in [5.41, 5.74) is 1.81. The Kier molecular flexibility index (Phi) is 5.53. The van der Waals surface area contributed by atoms with E-state index in [9.17, 15) is 4.79 Å². The highest BCUT2D eigenvalue weighted by molar-refractivity contribution is 5.91. The van der Waals surface area contributed by atoms with Gasteiger partial charge in [-0.1, -0.05) is 18.2 Å². The second kappa shape index (κ2) is 6.98. The van der Waals surface area contributed by atoms with Gasteiger partial charge in [-0.2, -0.15) is 0 Å². The number of ether oxygens (including phenoxy) is 1. The molecule has 16 heavy (non-hydrogen) atoms. The molecule has 88 valence electrons. The number of hydrogen-bond acceptors (Lipinski definition) is 3. The standard InChI is InChI=1S/C12H18N2O2/c1-13-8-7-12(15)14-11-6-4-3-5-10(11)9-16-2/h3-6,13H,7-9H2,1-2H3,(H,14,15). The summed E-state index contributed by atoms with van der Waals surface area (Å²) >= 11 is 0. The molecule has 0 aliphatic rings. The molecule has 0 aromatic heterocycles. The lowest BCUT2D eigenvalue weighted by Gasteiger charge is -2.10. The van der Waals surface area contributed by atoms with Gasteiger partial charge in [0.1, 0.15) is 0 Å². The van der Waals surface area contributed by atoms with Crippen LogP contribution in [0, 0.1) is 0 Å². The van der Waals surface area contributed by atoms with Crippen molar-refractivity contribution in [2.24, 2.45) is 0 Å². The van der Waals surface area contributed by atoms with E-state index in [1.54, 1.807) is 7.11 Å². The molecule has 0 spiro atoms. The molecular formula is C12H18N2O2. The lowest BCUT2D eigenvalue weighted by molar-refractivity contribution is -0.116. The summed E-state index contributed by atoms with van der Waals surface area (Å²) in [6.45, 7) is 1.18. The molecule has 0 saturated carbocycles. The van der Waals surface area contributed by atoms with Crippen molar-refractivity contribution < 1.29 is 9.53 Å². The lowest BCUT2D eigenvalue weighted by Crippen LogP contribution is -2.19. The van der Waals surface area contributed by atoms with Gasteiger partial charge >= 0.3 is 0 Å². The number of hydrogen-bond donors (Lipinski definition) is 2. The molecular weight excluding hydrogens is 204 g/mol. The number of para-hydroxylation sites is 1. The number of nitrogens with one attached hydrogen (secondary N) is 2. The van der Waals surface area contributed by atoms with E-state index in [4.69, 9.17) is 4.74 Å². The van der Waals surface area contributed by atoms with Gasteiger partial charge < -0.3 is 15.4 Å². The van der Waals surface area contributed by atoms with E-state index in [-0.39, 0.29) is 5.91 Å². The SMILES string of the molecule is CNCCC(=O)Nc1ccccc1COC. The Bertz CT molecular complexity index is 340. The monoisotopic (exact) mass is 222 g/mol. The number of carbonyl (C=O) groups excluding carboxylic acids is 1. The zero-order valence-electron chi connectivity index (χ0n) is 9.75. The van der Waals surface area contributed by atoms with Gasteiger partial charge in [-0.05, 0) is 13.1 Å². The average Bonchev–Trinajstić information content (AvgIpc) is 2.29. The second-order valence-electron chi connectivity index (χ2n) is 3.49. The van der Waals surface area contributed by atoms with Crippen LogP contribution < -0.4 is 10.6 Å². The third kappa shape index (κ3) is 4.00. The van der Waals surface area contributed by atoms with Crippen LogP contribution in [0.2, 0.25) is 0 Å². The molecule has 0 atom stereocenters. The van der Waals surface area contributed by atoms with E-state index in [2.05, 4.69) is 10.6 Å². The molecule has 0 radical (unpaired) electrons. The zero-order chi connectivity index (χ0) is 11.8. The maximum absolute atomic E-state index is 11.5. The van der Waals surface area contributed by atoms with E-state index in [1.807, 2.05) is 31.3 Å². The van der Waals surface area contributed by atoms with Gasteiger partial charge in [-0.15, -0.1) is 0 Å². The van der Waals surface area contributed by atoms with E-state index < -0.39 is 0 Å². The number of amides is 1. The minimum Gasteiger partial charge on any atom is -0.380 e. The number of carbonyl (C=O) groups is 1. The van der Waals surface area contributed by atoms with Crippen molar-refractivity contribution in [3.8, 4) is 0 Å². The zero-order valence-corrected chi connectivity index (χ0v) is 9.75. The Balaban J connectivity index is 2.61. The number of anilines is 1. The summed E-state index contributed by atoms with van der Waals surface area (Å²) in [5, 5.41) is 5.81. The highest BCUT2D eigenvalue weighted by Crippen LogP contribution is 2.15. The van der Waals surface area contributed by atoms with Crippen LogP contribution in [0.5, 0.6) is 0 Å². The van der Waals surface area contributed by atoms with Gasteiger partial charge in [0, 0.05) is 31.3 Å². The number of benzene rings is 1. The fourth-order valence-corrected chi connectivity index (χ4v) is 1.37. The molecule has 0 aliphatic heterocycles. The Morgan fingerprint density at radius 1 is 1.38 bits per heavy atom. The van der Waals surface area contributed by atoms with Crippen LogP contribution in [0.4, 0.5) is 5.69 Å². The van der Waals surface area contributed by atoms with Crippen LogP contribution in [-0.4, -0.2) is 26.6 Å².